The molecule has 0 fully saturated rings. The molecule has 0 bridgehead atoms. The molecule has 0 radical (unpaired) electrons. The van der Waals surface area contributed by atoms with Crippen LogP contribution in [-0.4, -0.2) is 5.75 Å². The van der Waals surface area contributed by atoms with E-state index in [9.17, 15) is 4.39 Å². The van der Waals surface area contributed by atoms with E-state index in [2.05, 4.69) is 29.6 Å². The van der Waals surface area contributed by atoms with E-state index in [1.807, 2.05) is 24.8 Å². The molecule has 1 nitrogen and oxygen atoms in total. The molecule has 3 heteroatoms. The first-order valence-electron chi connectivity index (χ1n) is 6.42. The van der Waals surface area contributed by atoms with Crippen molar-refractivity contribution in [3.63, 3.8) is 0 Å². The zero-order valence-corrected chi connectivity index (χ0v) is 11.6. The Morgan fingerprint density at radius 3 is 2.95 bits per heavy atom. The van der Waals surface area contributed by atoms with Crippen LogP contribution in [0, 0.1) is 12.7 Å². The van der Waals surface area contributed by atoms with Crippen LogP contribution >= 0.6 is 11.8 Å². The Bertz CT molecular complexity index is 597. The zero-order valence-electron chi connectivity index (χ0n) is 10.8. The van der Waals surface area contributed by atoms with Gasteiger partial charge >= 0.3 is 0 Å². The van der Waals surface area contributed by atoms with Crippen LogP contribution in [0.1, 0.15) is 22.7 Å². The lowest BCUT2D eigenvalue weighted by atomic mass is 10.0. The summed E-state index contributed by atoms with van der Waals surface area (Å²) in [7, 11) is 0. The Labute approximate surface area is 117 Å². The molecule has 3 rings (SSSR count). The van der Waals surface area contributed by atoms with E-state index in [4.69, 9.17) is 0 Å². The predicted octanol–water partition coefficient (Wildman–Crippen LogP) is 4.53. The van der Waals surface area contributed by atoms with Crippen molar-refractivity contribution in [2.24, 2.45) is 0 Å². The summed E-state index contributed by atoms with van der Waals surface area (Å²) in [5.41, 5.74) is 4.69. The summed E-state index contributed by atoms with van der Waals surface area (Å²) < 4.78 is 13.4. The van der Waals surface area contributed by atoms with Gasteiger partial charge in [-0.05, 0) is 35.7 Å². The van der Waals surface area contributed by atoms with Gasteiger partial charge in [0.25, 0.3) is 0 Å². The van der Waals surface area contributed by atoms with Gasteiger partial charge in [0.15, 0.2) is 0 Å². The number of aryl methyl sites for hydroxylation is 1. The van der Waals surface area contributed by atoms with Crippen molar-refractivity contribution >= 4 is 17.4 Å². The van der Waals surface area contributed by atoms with E-state index in [0.717, 1.165) is 22.8 Å². The van der Waals surface area contributed by atoms with E-state index >= 15 is 0 Å². The third-order valence-electron chi connectivity index (χ3n) is 3.50. The summed E-state index contributed by atoms with van der Waals surface area (Å²) in [5, 5.41) is 3.49. The molecule has 0 saturated carbocycles. The Morgan fingerprint density at radius 2 is 2.05 bits per heavy atom. The SMILES string of the molecule is Cc1ccc(F)cc1NC1CSCc2ccccc21. The Morgan fingerprint density at radius 1 is 1.21 bits per heavy atom. The number of rotatable bonds is 2. The summed E-state index contributed by atoms with van der Waals surface area (Å²) in [6.45, 7) is 2.00. The Kier molecular flexibility index (Phi) is 3.47. The first kappa shape index (κ1) is 12.5. The van der Waals surface area contributed by atoms with Crippen molar-refractivity contribution < 1.29 is 4.39 Å². The van der Waals surface area contributed by atoms with Crippen LogP contribution < -0.4 is 5.32 Å². The number of benzene rings is 2. The van der Waals surface area contributed by atoms with Gasteiger partial charge in [-0.25, -0.2) is 4.39 Å². The predicted molar refractivity (Wildman–Crippen MR) is 80.1 cm³/mol. The minimum atomic E-state index is -0.190. The van der Waals surface area contributed by atoms with Gasteiger partial charge in [-0.15, -0.1) is 0 Å². The minimum absolute atomic E-state index is 0.190. The molecule has 1 aliphatic heterocycles. The fourth-order valence-corrected chi connectivity index (χ4v) is 3.54. The average molecular weight is 273 g/mol. The molecule has 1 atom stereocenters. The molecule has 0 spiro atoms. The average Bonchev–Trinajstić information content (AvgIpc) is 2.43. The number of hydrogen-bond acceptors (Lipinski definition) is 2. The molecule has 0 aliphatic carbocycles. The van der Waals surface area contributed by atoms with Gasteiger partial charge in [0, 0.05) is 17.2 Å². The first-order chi connectivity index (χ1) is 9.24. The number of fused-ring (bicyclic) bond motifs is 1. The van der Waals surface area contributed by atoms with Gasteiger partial charge < -0.3 is 5.32 Å². The van der Waals surface area contributed by atoms with Crippen LogP contribution in [0.5, 0.6) is 0 Å². The highest BCUT2D eigenvalue weighted by atomic mass is 32.2. The molecular formula is C16H16FNS. The summed E-state index contributed by atoms with van der Waals surface area (Å²) in [6.07, 6.45) is 0. The van der Waals surface area contributed by atoms with E-state index in [1.165, 1.54) is 17.2 Å². The molecule has 19 heavy (non-hydrogen) atoms. The second-order valence-corrected chi connectivity index (χ2v) is 5.90. The van der Waals surface area contributed by atoms with Gasteiger partial charge in [-0.3, -0.25) is 0 Å². The van der Waals surface area contributed by atoms with Crippen LogP contribution in [0.2, 0.25) is 0 Å². The van der Waals surface area contributed by atoms with Crippen molar-refractivity contribution in [3.05, 3.63) is 65.0 Å². The molecule has 1 unspecified atom stereocenters. The molecule has 1 aliphatic rings. The van der Waals surface area contributed by atoms with Crippen molar-refractivity contribution in [2.45, 2.75) is 18.7 Å². The molecular weight excluding hydrogens is 257 g/mol. The third-order valence-corrected chi connectivity index (χ3v) is 4.59. The lowest BCUT2D eigenvalue weighted by Crippen LogP contribution is -2.19. The lowest BCUT2D eigenvalue weighted by molar-refractivity contribution is 0.627. The maximum absolute atomic E-state index is 13.4. The fraction of sp³-hybridized carbons (Fsp3) is 0.250. The number of thioether (sulfide) groups is 1. The number of halogens is 1. The highest BCUT2D eigenvalue weighted by molar-refractivity contribution is 7.98. The zero-order chi connectivity index (χ0) is 13.2. The van der Waals surface area contributed by atoms with Gasteiger partial charge in [-0.2, -0.15) is 11.8 Å². The van der Waals surface area contributed by atoms with Gasteiger partial charge in [-0.1, -0.05) is 30.3 Å². The highest BCUT2D eigenvalue weighted by Gasteiger charge is 2.20. The van der Waals surface area contributed by atoms with Crippen LogP contribution in [-0.2, 0) is 5.75 Å². The van der Waals surface area contributed by atoms with E-state index < -0.39 is 0 Å². The molecule has 98 valence electrons. The molecule has 1 N–H and O–H groups in total. The fourth-order valence-electron chi connectivity index (χ4n) is 2.44. The second-order valence-electron chi connectivity index (χ2n) is 4.87. The lowest BCUT2D eigenvalue weighted by Gasteiger charge is -2.27. The number of anilines is 1. The van der Waals surface area contributed by atoms with Gasteiger partial charge in [0.1, 0.15) is 5.82 Å². The molecule has 2 aromatic carbocycles. The van der Waals surface area contributed by atoms with Gasteiger partial charge in [0.05, 0.1) is 6.04 Å². The van der Waals surface area contributed by atoms with E-state index in [1.54, 1.807) is 6.07 Å². The van der Waals surface area contributed by atoms with Crippen molar-refractivity contribution in [3.8, 4) is 0 Å². The maximum Gasteiger partial charge on any atom is 0.125 e. The number of nitrogens with one attached hydrogen (secondary N) is 1. The van der Waals surface area contributed by atoms with Crippen molar-refractivity contribution in [1.29, 1.82) is 0 Å². The van der Waals surface area contributed by atoms with Crippen molar-refractivity contribution in [1.82, 2.24) is 0 Å². The second kappa shape index (κ2) is 5.25. The highest BCUT2D eigenvalue weighted by Crippen LogP contribution is 2.34. The van der Waals surface area contributed by atoms with Gasteiger partial charge in [0.2, 0.25) is 0 Å². The normalized spacial score (nSPS) is 17.9. The Hall–Kier alpha value is -1.48. The molecule has 2 aromatic rings. The van der Waals surface area contributed by atoms with Crippen LogP contribution in [0.4, 0.5) is 10.1 Å². The van der Waals surface area contributed by atoms with Crippen molar-refractivity contribution in [2.75, 3.05) is 11.1 Å². The summed E-state index contributed by atoms with van der Waals surface area (Å²) in [4.78, 5) is 0. The first-order valence-corrected chi connectivity index (χ1v) is 7.58. The standard InChI is InChI=1S/C16H16FNS/c1-11-6-7-13(17)8-15(11)18-16-10-19-9-12-4-2-3-5-14(12)16/h2-8,16,18H,9-10H2,1H3. The molecule has 0 saturated heterocycles. The minimum Gasteiger partial charge on any atom is -0.377 e. The topological polar surface area (TPSA) is 12.0 Å². The maximum atomic E-state index is 13.4. The van der Waals surface area contributed by atoms with E-state index in [-0.39, 0.29) is 11.9 Å². The number of hydrogen-bond donors (Lipinski definition) is 1. The van der Waals surface area contributed by atoms with Crippen LogP contribution in [0.25, 0.3) is 0 Å². The largest absolute Gasteiger partial charge is 0.377 e. The third kappa shape index (κ3) is 2.61. The molecule has 0 amide bonds. The summed E-state index contributed by atoms with van der Waals surface area (Å²) in [6, 6.07) is 13.7. The molecule has 1 heterocycles. The van der Waals surface area contributed by atoms with E-state index in [0.29, 0.717) is 0 Å². The van der Waals surface area contributed by atoms with Crippen LogP contribution in [0.3, 0.4) is 0 Å². The quantitative estimate of drug-likeness (QED) is 0.862. The summed E-state index contributed by atoms with van der Waals surface area (Å²) >= 11 is 1.92. The smallest absolute Gasteiger partial charge is 0.125 e. The van der Waals surface area contributed by atoms with Crippen LogP contribution in [0.15, 0.2) is 42.5 Å². The Balaban J connectivity index is 1.90. The summed E-state index contributed by atoms with van der Waals surface area (Å²) in [5.74, 6) is 1.90. The monoisotopic (exact) mass is 273 g/mol. The molecule has 0 aromatic heterocycles.